The quantitative estimate of drug-likeness (QED) is 0.712. The van der Waals surface area contributed by atoms with Gasteiger partial charge in [0.25, 0.3) is 0 Å². The summed E-state index contributed by atoms with van der Waals surface area (Å²) in [5.41, 5.74) is 3.02. The molecule has 20 heavy (non-hydrogen) atoms. The first-order chi connectivity index (χ1) is 9.74. The average molecular weight is 266 g/mol. The third-order valence-corrected chi connectivity index (χ3v) is 3.35. The first-order valence-electron chi connectivity index (χ1n) is 6.53. The second-order valence-corrected chi connectivity index (χ2v) is 4.83. The van der Waals surface area contributed by atoms with E-state index in [1.807, 2.05) is 37.4 Å². The van der Waals surface area contributed by atoms with Gasteiger partial charge in [0.1, 0.15) is 5.82 Å². The highest BCUT2D eigenvalue weighted by molar-refractivity contribution is 5.91. The molecule has 0 radical (unpaired) electrons. The van der Waals surface area contributed by atoms with Crippen LogP contribution in [-0.2, 0) is 6.54 Å². The van der Waals surface area contributed by atoms with Crippen molar-refractivity contribution in [2.75, 3.05) is 11.9 Å². The maximum atomic E-state index is 13.2. The molecule has 0 saturated heterocycles. The van der Waals surface area contributed by atoms with Gasteiger partial charge in [-0.15, -0.1) is 0 Å². The van der Waals surface area contributed by atoms with Crippen molar-refractivity contribution in [1.82, 2.24) is 4.98 Å². The smallest absolute Gasteiger partial charge is 0.123 e. The molecule has 0 atom stereocenters. The van der Waals surface area contributed by atoms with E-state index in [-0.39, 0.29) is 5.82 Å². The van der Waals surface area contributed by atoms with Crippen LogP contribution < -0.4 is 4.90 Å². The van der Waals surface area contributed by atoms with Crippen LogP contribution in [0.4, 0.5) is 10.1 Å². The molecule has 0 amide bonds. The van der Waals surface area contributed by atoms with Gasteiger partial charge in [0.15, 0.2) is 0 Å². The van der Waals surface area contributed by atoms with Crippen LogP contribution in [0.3, 0.4) is 0 Å². The van der Waals surface area contributed by atoms with Crippen LogP contribution in [0.1, 0.15) is 5.56 Å². The van der Waals surface area contributed by atoms with Gasteiger partial charge in [-0.1, -0.05) is 30.3 Å². The summed E-state index contributed by atoms with van der Waals surface area (Å²) in [7, 11) is 2.01. The second-order valence-electron chi connectivity index (χ2n) is 4.83. The predicted octanol–water partition coefficient (Wildman–Crippen LogP) is 4.01. The second kappa shape index (κ2) is 5.29. The molecular weight excluding hydrogens is 251 g/mol. The van der Waals surface area contributed by atoms with E-state index < -0.39 is 0 Å². The lowest BCUT2D eigenvalue weighted by Gasteiger charge is -2.21. The molecule has 1 heterocycles. The number of para-hydroxylation sites is 1. The summed E-state index contributed by atoms with van der Waals surface area (Å²) in [6.07, 6.45) is 1.81. The van der Waals surface area contributed by atoms with Crippen LogP contribution in [0.2, 0.25) is 0 Å². The molecular formula is C17H15FN2. The fourth-order valence-corrected chi connectivity index (χ4v) is 2.41. The van der Waals surface area contributed by atoms with Gasteiger partial charge in [-0.05, 0) is 29.8 Å². The van der Waals surface area contributed by atoms with Gasteiger partial charge in [-0.3, -0.25) is 4.98 Å². The summed E-state index contributed by atoms with van der Waals surface area (Å²) >= 11 is 0. The van der Waals surface area contributed by atoms with Gasteiger partial charge in [0.2, 0.25) is 0 Å². The molecule has 3 rings (SSSR count). The van der Waals surface area contributed by atoms with Crippen LogP contribution in [0.25, 0.3) is 10.9 Å². The zero-order valence-electron chi connectivity index (χ0n) is 11.3. The van der Waals surface area contributed by atoms with Crippen molar-refractivity contribution in [2.24, 2.45) is 0 Å². The first-order valence-corrected chi connectivity index (χ1v) is 6.53. The lowest BCUT2D eigenvalue weighted by Crippen LogP contribution is -2.16. The summed E-state index contributed by atoms with van der Waals surface area (Å²) in [6, 6.07) is 16.7. The number of anilines is 1. The van der Waals surface area contributed by atoms with Crippen molar-refractivity contribution in [3.05, 3.63) is 72.2 Å². The monoisotopic (exact) mass is 266 g/mol. The molecule has 0 bridgehead atoms. The molecule has 0 fully saturated rings. The van der Waals surface area contributed by atoms with Crippen molar-refractivity contribution >= 4 is 16.6 Å². The van der Waals surface area contributed by atoms with E-state index in [1.165, 1.54) is 6.07 Å². The lowest BCUT2D eigenvalue weighted by atomic mass is 10.1. The maximum absolute atomic E-state index is 13.2. The Kier molecular flexibility index (Phi) is 3.33. The number of hydrogen-bond donors (Lipinski definition) is 0. The average Bonchev–Trinajstić information content (AvgIpc) is 2.46. The van der Waals surface area contributed by atoms with E-state index in [0.29, 0.717) is 6.54 Å². The van der Waals surface area contributed by atoms with Gasteiger partial charge < -0.3 is 4.90 Å². The summed E-state index contributed by atoms with van der Waals surface area (Å²) in [5.74, 6) is -0.199. The number of fused-ring (bicyclic) bond motifs is 1. The minimum Gasteiger partial charge on any atom is -0.370 e. The Morgan fingerprint density at radius 2 is 1.90 bits per heavy atom. The number of benzene rings is 2. The number of hydrogen-bond acceptors (Lipinski definition) is 2. The molecule has 3 heteroatoms. The fraction of sp³-hybridized carbons (Fsp3) is 0.118. The largest absolute Gasteiger partial charge is 0.370 e. The number of aromatic nitrogens is 1. The molecule has 3 aromatic rings. The van der Waals surface area contributed by atoms with Gasteiger partial charge in [0, 0.05) is 30.9 Å². The molecule has 100 valence electrons. The molecule has 0 saturated carbocycles. The Morgan fingerprint density at radius 1 is 1.05 bits per heavy atom. The van der Waals surface area contributed by atoms with Gasteiger partial charge in [-0.2, -0.15) is 0 Å². The van der Waals surface area contributed by atoms with Crippen LogP contribution in [0.5, 0.6) is 0 Å². The normalized spacial score (nSPS) is 10.7. The number of rotatable bonds is 3. The first kappa shape index (κ1) is 12.6. The molecule has 0 aliphatic carbocycles. The third kappa shape index (κ3) is 2.48. The fourth-order valence-electron chi connectivity index (χ4n) is 2.41. The van der Waals surface area contributed by atoms with Gasteiger partial charge in [0.05, 0.1) is 5.52 Å². The van der Waals surface area contributed by atoms with Crippen molar-refractivity contribution < 1.29 is 4.39 Å². The number of halogens is 1. The van der Waals surface area contributed by atoms with E-state index >= 15 is 0 Å². The molecule has 0 aliphatic heterocycles. The molecule has 2 nitrogen and oxygen atoms in total. The van der Waals surface area contributed by atoms with Crippen LogP contribution in [0, 0.1) is 5.82 Å². The van der Waals surface area contributed by atoms with Crippen LogP contribution in [0.15, 0.2) is 60.8 Å². The molecule has 0 aliphatic rings. The van der Waals surface area contributed by atoms with Crippen LogP contribution in [-0.4, -0.2) is 12.0 Å². The van der Waals surface area contributed by atoms with Gasteiger partial charge >= 0.3 is 0 Å². The van der Waals surface area contributed by atoms with Crippen molar-refractivity contribution in [3.63, 3.8) is 0 Å². The molecule has 1 aromatic heterocycles. The topological polar surface area (TPSA) is 16.1 Å². The Bertz CT molecular complexity index is 734. The van der Waals surface area contributed by atoms with E-state index in [9.17, 15) is 4.39 Å². The highest BCUT2D eigenvalue weighted by atomic mass is 19.1. The van der Waals surface area contributed by atoms with E-state index in [1.54, 1.807) is 18.3 Å². The highest BCUT2D eigenvalue weighted by Crippen LogP contribution is 2.25. The van der Waals surface area contributed by atoms with Gasteiger partial charge in [-0.25, -0.2) is 4.39 Å². The molecule has 0 N–H and O–H groups in total. The summed E-state index contributed by atoms with van der Waals surface area (Å²) in [6.45, 7) is 0.658. The highest BCUT2D eigenvalue weighted by Gasteiger charge is 2.07. The lowest BCUT2D eigenvalue weighted by molar-refractivity contribution is 0.625. The van der Waals surface area contributed by atoms with Crippen molar-refractivity contribution in [3.8, 4) is 0 Å². The van der Waals surface area contributed by atoms with Crippen molar-refractivity contribution in [2.45, 2.75) is 6.54 Å². The summed E-state index contributed by atoms with van der Waals surface area (Å²) in [4.78, 5) is 6.47. The maximum Gasteiger partial charge on any atom is 0.123 e. The molecule has 0 spiro atoms. The summed E-state index contributed by atoms with van der Waals surface area (Å²) < 4.78 is 13.2. The van der Waals surface area contributed by atoms with E-state index in [0.717, 1.165) is 22.2 Å². The predicted molar refractivity (Wildman–Crippen MR) is 80.3 cm³/mol. The minimum atomic E-state index is -0.199. The van der Waals surface area contributed by atoms with Crippen molar-refractivity contribution in [1.29, 1.82) is 0 Å². The third-order valence-electron chi connectivity index (χ3n) is 3.35. The standard InChI is InChI=1S/C17H15FN2/c1-20(12-13-5-4-6-14(18)11-13)17-9-10-19-16-8-3-2-7-15(16)17/h2-11H,12H2,1H3. The minimum absolute atomic E-state index is 0.199. The number of pyridine rings is 1. The number of nitrogens with zero attached hydrogens (tertiary/aromatic N) is 2. The molecule has 0 unspecified atom stereocenters. The Balaban J connectivity index is 1.94. The van der Waals surface area contributed by atoms with Crippen LogP contribution >= 0.6 is 0 Å². The Hall–Kier alpha value is -2.42. The Morgan fingerprint density at radius 3 is 2.75 bits per heavy atom. The Labute approximate surface area is 117 Å². The zero-order chi connectivity index (χ0) is 13.9. The SMILES string of the molecule is CN(Cc1cccc(F)c1)c1ccnc2ccccc12. The van der Waals surface area contributed by atoms with E-state index in [2.05, 4.69) is 16.0 Å². The molecule has 2 aromatic carbocycles. The zero-order valence-corrected chi connectivity index (χ0v) is 11.3. The van der Waals surface area contributed by atoms with E-state index in [4.69, 9.17) is 0 Å². The summed E-state index contributed by atoms with van der Waals surface area (Å²) in [5, 5.41) is 1.11.